The molecule has 1 heterocycles. The lowest BCUT2D eigenvalue weighted by Gasteiger charge is -2.19. The number of rotatable bonds is 7. The highest BCUT2D eigenvalue weighted by atomic mass is 32.1. The predicted octanol–water partition coefficient (Wildman–Crippen LogP) is 6.56. The average molecular weight is 464 g/mol. The van der Waals surface area contributed by atoms with Gasteiger partial charge < -0.3 is 21.7 Å². The van der Waals surface area contributed by atoms with Gasteiger partial charge in [0.1, 0.15) is 5.00 Å². The summed E-state index contributed by atoms with van der Waals surface area (Å²) in [5.41, 5.74) is 12.3. The molecule has 174 valence electrons. The number of anilines is 4. The lowest BCUT2D eigenvalue weighted by atomic mass is 9.86. The Hall–Kier alpha value is -3.32. The van der Waals surface area contributed by atoms with Gasteiger partial charge in [0, 0.05) is 30.2 Å². The van der Waals surface area contributed by atoms with E-state index in [0.29, 0.717) is 17.8 Å². The molecule has 0 aliphatic rings. The fourth-order valence-electron chi connectivity index (χ4n) is 3.49. The first-order valence-corrected chi connectivity index (χ1v) is 11.8. The number of nitrogens with one attached hydrogen (secondary N) is 3. The van der Waals surface area contributed by atoms with Crippen LogP contribution in [0.4, 0.5) is 27.8 Å². The van der Waals surface area contributed by atoms with Crippen LogP contribution in [-0.2, 0) is 12.0 Å². The number of nitrogens with two attached hydrogens (primary N) is 1. The monoisotopic (exact) mass is 463 g/mol. The Kier molecular flexibility index (Phi) is 7.43. The number of amides is 1. The summed E-state index contributed by atoms with van der Waals surface area (Å²) in [6, 6.07) is 13.7. The number of thiophene rings is 1. The van der Waals surface area contributed by atoms with Crippen LogP contribution in [0.25, 0.3) is 0 Å². The van der Waals surface area contributed by atoms with Gasteiger partial charge in [-0.3, -0.25) is 4.79 Å². The van der Waals surface area contributed by atoms with Crippen LogP contribution in [0.15, 0.2) is 47.5 Å². The van der Waals surface area contributed by atoms with Crippen LogP contribution in [0.3, 0.4) is 0 Å². The van der Waals surface area contributed by atoms with Crippen LogP contribution < -0.4 is 21.7 Å². The summed E-state index contributed by atoms with van der Waals surface area (Å²) in [5, 5.41) is 10.5. The average Bonchev–Trinajstić information content (AvgIpc) is 3.08. The predicted molar refractivity (Wildman–Crippen MR) is 144 cm³/mol. The molecule has 0 spiro atoms. The topological polar surface area (TPSA) is 91.5 Å². The molecular weight excluding hydrogens is 430 g/mol. The molecule has 3 rings (SSSR count). The standard InChI is InChI=1S/C26H33N5OS/c1-7-29-25-22(27)23(28-6)21(33-25)15-30-20-14-19(12-11-16(20)2)31-24(32)17-9-8-10-18(13-17)26(3,4)5/h7-14,28,30H,15,27H2,1-6H3,(H,31,32)/b29-7-. The van der Waals surface area contributed by atoms with E-state index in [4.69, 9.17) is 5.73 Å². The SMILES string of the molecule is C/C=N\c1sc(CNc2cc(NC(=O)c3cccc(C(C)(C)C)c3)ccc2C)c(NC)c1N. The van der Waals surface area contributed by atoms with Crippen LogP contribution in [-0.4, -0.2) is 19.2 Å². The van der Waals surface area contributed by atoms with E-state index in [1.54, 1.807) is 17.6 Å². The summed E-state index contributed by atoms with van der Waals surface area (Å²) in [4.78, 5) is 18.3. The molecule has 6 nitrogen and oxygen atoms in total. The molecule has 5 N–H and O–H groups in total. The van der Waals surface area contributed by atoms with Gasteiger partial charge in [-0.25, -0.2) is 4.99 Å². The highest BCUT2D eigenvalue weighted by Crippen LogP contribution is 2.42. The molecule has 0 saturated heterocycles. The van der Waals surface area contributed by atoms with Gasteiger partial charge in [-0.15, -0.1) is 11.3 Å². The third kappa shape index (κ3) is 5.73. The Morgan fingerprint density at radius 3 is 2.61 bits per heavy atom. The van der Waals surface area contributed by atoms with Crippen molar-refractivity contribution in [2.75, 3.05) is 28.7 Å². The molecule has 0 atom stereocenters. The molecule has 7 heteroatoms. The number of hydrogen-bond donors (Lipinski definition) is 4. The molecule has 1 aromatic heterocycles. The number of nitrogens with zero attached hydrogens (tertiary/aromatic N) is 1. The van der Waals surface area contributed by atoms with Crippen LogP contribution in [0.2, 0.25) is 0 Å². The Labute approximate surface area is 200 Å². The van der Waals surface area contributed by atoms with Crippen LogP contribution in [0, 0.1) is 6.92 Å². The minimum absolute atomic E-state index is 0.0169. The van der Waals surface area contributed by atoms with E-state index in [2.05, 4.69) is 47.8 Å². The molecule has 0 aliphatic carbocycles. The summed E-state index contributed by atoms with van der Waals surface area (Å²) >= 11 is 1.56. The lowest BCUT2D eigenvalue weighted by Crippen LogP contribution is -2.15. The van der Waals surface area contributed by atoms with Gasteiger partial charge in [0.15, 0.2) is 0 Å². The molecule has 0 unspecified atom stereocenters. The van der Waals surface area contributed by atoms with E-state index in [-0.39, 0.29) is 11.3 Å². The van der Waals surface area contributed by atoms with Crippen molar-refractivity contribution in [2.45, 2.75) is 46.6 Å². The highest BCUT2D eigenvalue weighted by molar-refractivity contribution is 7.17. The number of aryl methyl sites for hydroxylation is 1. The maximum absolute atomic E-state index is 12.9. The fourth-order valence-corrected chi connectivity index (χ4v) is 4.55. The first kappa shape index (κ1) is 24.3. The van der Waals surface area contributed by atoms with E-state index in [1.165, 1.54) is 0 Å². The molecule has 0 aliphatic heterocycles. The normalized spacial score (nSPS) is 11.6. The van der Waals surface area contributed by atoms with Gasteiger partial charge in [-0.2, -0.15) is 0 Å². The van der Waals surface area contributed by atoms with Gasteiger partial charge in [-0.05, 0) is 54.7 Å². The second-order valence-corrected chi connectivity index (χ2v) is 10.0. The first-order valence-electron chi connectivity index (χ1n) is 11.0. The molecule has 0 bridgehead atoms. The zero-order valence-corrected chi connectivity index (χ0v) is 21.0. The largest absolute Gasteiger partial charge is 0.395 e. The summed E-state index contributed by atoms with van der Waals surface area (Å²) in [7, 11) is 1.86. The third-order valence-corrected chi connectivity index (χ3v) is 6.53. The smallest absolute Gasteiger partial charge is 0.255 e. The van der Waals surface area contributed by atoms with Gasteiger partial charge in [0.2, 0.25) is 0 Å². The van der Waals surface area contributed by atoms with Gasteiger partial charge in [0.05, 0.1) is 22.8 Å². The minimum Gasteiger partial charge on any atom is -0.395 e. The zero-order chi connectivity index (χ0) is 24.2. The van der Waals surface area contributed by atoms with Crippen molar-refractivity contribution in [1.29, 1.82) is 0 Å². The Balaban J connectivity index is 1.77. The maximum Gasteiger partial charge on any atom is 0.255 e. The van der Waals surface area contributed by atoms with Crippen molar-refractivity contribution in [3.63, 3.8) is 0 Å². The Morgan fingerprint density at radius 1 is 1.18 bits per heavy atom. The molecule has 3 aromatic rings. The number of aliphatic imine (C=N–C) groups is 1. The number of benzene rings is 2. The second kappa shape index (κ2) is 10.1. The van der Waals surface area contributed by atoms with Crippen molar-refractivity contribution in [2.24, 2.45) is 4.99 Å². The number of hydrogen-bond acceptors (Lipinski definition) is 6. The van der Waals surface area contributed by atoms with Gasteiger partial charge >= 0.3 is 0 Å². The summed E-state index contributed by atoms with van der Waals surface area (Å²) in [5.74, 6) is -0.124. The van der Waals surface area contributed by atoms with E-state index in [1.807, 2.05) is 57.3 Å². The molecule has 2 aromatic carbocycles. The molecule has 1 amide bonds. The molecule has 33 heavy (non-hydrogen) atoms. The van der Waals surface area contributed by atoms with E-state index >= 15 is 0 Å². The van der Waals surface area contributed by atoms with E-state index in [0.717, 1.165) is 38.1 Å². The minimum atomic E-state index is -0.124. The van der Waals surface area contributed by atoms with Crippen molar-refractivity contribution in [3.05, 3.63) is 64.0 Å². The van der Waals surface area contributed by atoms with Crippen LogP contribution >= 0.6 is 11.3 Å². The summed E-state index contributed by atoms with van der Waals surface area (Å²) in [6.45, 7) is 10.9. The summed E-state index contributed by atoms with van der Waals surface area (Å²) in [6.07, 6.45) is 1.74. The lowest BCUT2D eigenvalue weighted by molar-refractivity contribution is 0.102. The van der Waals surface area contributed by atoms with Crippen LogP contribution in [0.1, 0.15) is 54.1 Å². The number of carbonyl (C=O) groups excluding carboxylic acids is 1. The van der Waals surface area contributed by atoms with Crippen molar-refractivity contribution in [3.8, 4) is 0 Å². The molecular formula is C26H33N5OS. The van der Waals surface area contributed by atoms with E-state index in [9.17, 15) is 4.79 Å². The second-order valence-electron chi connectivity index (χ2n) is 8.92. The van der Waals surface area contributed by atoms with Crippen molar-refractivity contribution < 1.29 is 4.79 Å². The summed E-state index contributed by atoms with van der Waals surface area (Å²) < 4.78 is 0. The molecule has 0 fully saturated rings. The Morgan fingerprint density at radius 2 is 1.94 bits per heavy atom. The Bertz CT molecular complexity index is 1170. The van der Waals surface area contributed by atoms with Gasteiger partial charge in [-0.1, -0.05) is 39.0 Å². The zero-order valence-electron chi connectivity index (χ0n) is 20.2. The van der Waals surface area contributed by atoms with E-state index < -0.39 is 0 Å². The molecule has 0 radical (unpaired) electrons. The number of carbonyl (C=O) groups is 1. The third-order valence-electron chi connectivity index (χ3n) is 5.42. The first-order chi connectivity index (χ1) is 15.6. The van der Waals surface area contributed by atoms with Crippen molar-refractivity contribution in [1.82, 2.24) is 0 Å². The highest BCUT2D eigenvalue weighted by Gasteiger charge is 2.17. The molecule has 0 saturated carbocycles. The number of nitrogen functional groups attached to an aromatic ring is 1. The maximum atomic E-state index is 12.9. The van der Waals surface area contributed by atoms with Crippen molar-refractivity contribution >= 4 is 51.2 Å². The van der Waals surface area contributed by atoms with Crippen LogP contribution in [0.5, 0.6) is 0 Å². The van der Waals surface area contributed by atoms with Gasteiger partial charge in [0.25, 0.3) is 5.91 Å². The quantitative estimate of drug-likeness (QED) is 0.298. The fraction of sp³-hybridized carbons (Fsp3) is 0.308.